The van der Waals surface area contributed by atoms with Crippen LogP contribution in [0.15, 0.2) is 158 Å². The summed E-state index contributed by atoms with van der Waals surface area (Å²) in [4.78, 5) is 10.5. The van der Waals surface area contributed by atoms with Crippen molar-refractivity contribution in [3.05, 3.63) is 158 Å². The lowest BCUT2D eigenvalue weighted by Gasteiger charge is -2.11. The van der Waals surface area contributed by atoms with Crippen LogP contribution < -0.4 is 0 Å². The number of hydrogen-bond acceptors (Lipinski definition) is 3. The lowest BCUT2D eigenvalue weighted by atomic mass is 9.99. The fraction of sp³-hybridized carbons (Fsp3) is 0. The van der Waals surface area contributed by atoms with E-state index in [2.05, 4.69) is 158 Å². The average Bonchev–Trinajstić information content (AvgIpc) is 3.49. The number of nitrogens with zero attached hydrogens (tertiary/aromatic N) is 2. The van der Waals surface area contributed by atoms with Gasteiger partial charge in [0, 0.05) is 36.7 Å². The number of rotatable bonds is 4. The molecule has 2 heterocycles. The minimum Gasteiger partial charge on any atom is -0.227 e. The minimum atomic E-state index is 0.736. The van der Waals surface area contributed by atoms with E-state index in [1.54, 1.807) is 0 Å². The fourth-order valence-corrected chi connectivity index (χ4v) is 7.52. The summed E-state index contributed by atoms with van der Waals surface area (Å²) in [6.45, 7) is 0. The third-order valence-corrected chi connectivity index (χ3v) is 9.80. The Morgan fingerprint density at radius 3 is 1.56 bits per heavy atom. The molecule has 0 fully saturated rings. The van der Waals surface area contributed by atoms with Gasteiger partial charge in [0.2, 0.25) is 0 Å². The molecule has 0 aliphatic heterocycles. The van der Waals surface area contributed by atoms with Gasteiger partial charge in [-0.15, -0.1) is 11.3 Å². The molecule has 0 aliphatic rings. The second kappa shape index (κ2) is 10.5. The molecule has 0 radical (unpaired) electrons. The molecular formula is C42H26N2S. The Morgan fingerprint density at radius 1 is 0.378 bits per heavy atom. The van der Waals surface area contributed by atoms with Gasteiger partial charge in [-0.1, -0.05) is 133 Å². The zero-order valence-electron chi connectivity index (χ0n) is 24.3. The van der Waals surface area contributed by atoms with E-state index in [4.69, 9.17) is 9.97 Å². The molecule has 0 amide bonds. The van der Waals surface area contributed by atoms with Crippen molar-refractivity contribution in [2.45, 2.75) is 0 Å². The number of benzene rings is 7. The first kappa shape index (κ1) is 25.8. The summed E-state index contributed by atoms with van der Waals surface area (Å²) in [5, 5.41) is 6.02. The SMILES string of the molecule is c1ccc(-c2ccc(-c3ccc(-c4nc(-c5ccccc5)c5ccc6sc7cc8ccccc8cc7c6c5n4)cc3)cc2)cc1. The van der Waals surface area contributed by atoms with Crippen LogP contribution in [-0.4, -0.2) is 9.97 Å². The molecule has 2 nitrogen and oxygen atoms in total. The molecule has 0 aliphatic carbocycles. The summed E-state index contributed by atoms with van der Waals surface area (Å²) in [5.41, 5.74) is 8.84. The van der Waals surface area contributed by atoms with E-state index in [9.17, 15) is 0 Å². The van der Waals surface area contributed by atoms with Gasteiger partial charge in [-0.05, 0) is 57.3 Å². The first-order chi connectivity index (χ1) is 22.3. The molecule has 3 heteroatoms. The molecule has 0 bridgehead atoms. The van der Waals surface area contributed by atoms with E-state index in [1.807, 2.05) is 11.3 Å². The van der Waals surface area contributed by atoms with Gasteiger partial charge in [-0.2, -0.15) is 0 Å². The average molecular weight is 591 g/mol. The van der Waals surface area contributed by atoms with Crippen molar-refractivity contribution in [1.82, 2.24) is 9.97 Å². The minimum absolute atomic E-state index is 0.736. The second-order valence-corrected chi connectivity index (χ2v) is 12.5. The molecular weight excluding hydrogens is 565 g/mol. The highest BCUT2D eigenvalue weighted by Gasteiger charge is 2.17. The van der Waals surface area contributed by atoms with Gasteiger partial charge in [-0.25, -0.2) is 9.97 Å². The van der Waals surface area contributed by atoms with Gasteiger partial charge in [0.1, 0.15) is 0 Å². The number of aromatic nitrogens is 2. The smallest absolute Gasteiger partial charge is 0.160 e. The molecule has 7 aromatic carbocycles. The van der Waals surface area contributed by atoms with Gasteiger partial charge >= 0.3 is 0 Å². The first-order valence-corrected chi connectivity index (χ1v) is 16.0. The van der Waals surface area contributed by atoms with Crippen LogP contribution in [0.3, 0.4) is 0 Å². The number of hydrogen-bond donors (Lipinski definition) is 0. The Hall–Kier alpha value is -5.64. The molecule has 0 saturated heterocycles. The maximum atomic E-state index is 5.31. The summed E-state index contributed by atoms with van der Waals surface area (Å²) in [6.07, 6.45) is 0. The van der Waals surface area contributed by atoms with Gasteiger partial charge < -0.3 is 0 Å². The van der Waals surface area contributed by atoms with E-state index >= 15 is 0 Å². The molecule has 210 valence electrons. The van der Waals surface area contributed by atoms with E-state index in [1.165, 1.54) is 53.2 Å². The third kappa shape index (κ3) is 4.48. The molecule has 45 heavy (non-hydrogen) atoms. The Kier molecular flexibility index (Phi) is 6.03. The van der Waals surface area contributed by atoms with Crippen molar-refractivity contribution >= 4 is 53.2 Å². The predicted molar refractivity (Wildman–Crippen MR) is 192 cm³/mol. The summed E-state index contributed by atoms with van der Waals surface area (Å²) in [7, 11) is 0. The molecule has 9 rings (SSSR count). The maximum absolute atomic E-state index is 5.31. The van der Waals surface area contributed by atoms with Crippen molar-refractivity contribution in [1.29, 1.82) is 0 Å². The summed E-state index contributed by atoms with van der Waals surface area (Å²) in [6, 6.07) is 56.0. The lowest BCUT2D eigenvalue weighted by Crippen LogP contribution is -1.95. The molecule has 0 saturated carbocycles. The third-order valence-electron chi connectivity index (χ3n) is 8.68. The molecule has 0 spiro atoms. The standard InChI is InChI=1S/C42H26N2S/c1-3-9-27(10-4-1)28-15-17-29(18-16-28)30-19-21-32(22-20-30)42-43-40(31-11-5-2-6-12-31)35-23-24-37-39(41(35)44-42)36-25-33-13-7-8-14-34(33)26-38(36)45-37/h1-26H. The van der Waals surface area contributed by atoms with Crippen LogP contribution in [-0.2, 0) is 0 Å². The van der Waals surface area contributed by atoms with Gasteiger partial charge in [0.05, 0.1) is 11.2 Å². The van der Waals surface area contributed by atoms with Crippen molar-refractivity contribution < 1.29 is 0 Å². The van der Waals surface area contributed by atoms with Crippen LogP contribution in [0.5, 0.6) is 0 Å². The van der Waals surface area contributed by atoms with Crippen molar-refractivity contribution in [3.8, 4) is 44.9 Å². The summed E-state index contributed by atoms with van der Waals surface area (Å²) in [5.74, 6) is 0.736. The molecule has 0 unspecified atom stereocenters. The monoisotopic (exact) mass is 590 g/mol. The van der Waals surface area contributed by atoms with Gasteiger partial charge in [-0.3, -0.25) is 0 Å². The molecule has 0 atom stereocenters. The maximum Gasteiger partial charge on any atom is 0.160 e. The zero-order valence-corrected chi connectivity index (χ0v) is 25.1. The second-order valence-electron chi connectivity index (χ2n) is 11.4. The van der Waals surface area contributed by atoms with E-state index in [0.717, 1.165) is 33.5 Å². The zero-order chi connectivity index (χ0) is 29.7. The van der Waals surface area contributed by atoms with Gasteiger partial charge in [0.15, 0.2) is 5.82 Å². The van der Waals surface area contributed by atoms with E-state index in [0.29, 0.717) is 0 Å². The molecule has 0 N–H and O–H groups in total. The summed E-state index contributed by atoms with van der Waals surface area (Å²) < 4.78 is 2.52. The first-order valence-electron chi connectivity index (χ1n) is 15.2. The van der Waals surface area contributed by atoms with Crippen molar-refractivity contribution in [3.63, 3.8) is 0 Å². The lowest BCUT2D eigenvalue weighted by molar-refractivity contribution is 1.23. The predicted octanol–water partition coefficient (Wildman–Crippen LogP) is 11.8. The Labute approximate surface area is 264 Å². The van der Waals surface area contributed by atoms with Crippen LogP contribution in [0.2, 0.25) is 0 Å². The van der Waals surface area contributed by atoms with Crippen LogP contribution >= 0.6 is 11.3 Å². The highest BCUT2D eigenvalue weighted by atomic mass is 32.1. The Morgan fingerprint density at radius 2 is 0.911 bits per heavy atom. The number of thiophene rings is 1. The Balaban J connectivity index is 1.20. The fourth-order valence-electron chi connectivity index (χ4n) is 6.38. The van der Waals surface area contributed by atoms with Crippen LogP contribution in [0, 0.1) is 0 Å². The Bertz CT molecular complexity index is 2500. The molecule has 9 aromatic rings. The van der Waals surface area contributed by atoms with Gasteiger partial charge in [0.25, 0.3) is 0 Å². The van der Waals surface area contributed by atoms with Crippen LogP contribution in [0.1, 0.15) is 0 Å². The number of fused-ring (bicyclic) bond motifs is 6. The van der Waals surface area contributed by atoms with Crippen LogP contribution in [0.4, 0.5) is 0 Å². The van der Waals surface area contributed by atoms with E-state index < -0.39 is 0 Å². The van der Waals surface area contributed by atoms with Crippen molar-refractivity contribution in [2.75, 3.05) is 0 Å². The largest absolute Gasteiger partial charge is 0.227 e. The van der Waals surface area contributed by atoms with E-state index in [-0.39, 0.29) is 0 Å². The molecule has 2 aromatic heterocycles. The topological polar surface area (TPSA) is 25.8 Å². The quantitative estimate of drug-likeness (QED) is 0.204. The normalized spacial score (nSPS) is 11.6. The van der Waals surface area contributed by atoms with Crippen LogP contribution in [0.25, 0.3) is 86.7 Å². The summed E-state index contributed by atoms with van der Waals surface area (Å²) >= 11 is 1.83. The highest BCUT2D eigenvalue weighted by molar-refractivity contribution is 7.26. The van der Waals surface area contributed by atoms with Crippen molar-refractivity contribution in [2.24, 2.45) is 0 Å². The highest BCUT2D eigenvalue weighted by Crippen LogP contribution is 2.42.